The van der Waals surface area contributed by atoms with Gasteiger partial charge in [-0.2, -0.15) is 0 Å². The van der Waals surface area contributed by atoms with Crippen molar-refractivity contribution in [1.82, 2.24) is 0 Å². The van der Waals surface area contributed by atoms with Crippen LogP contribution < -0.4 is 5.32 Å². The van der Waals surface area contributed by atoms with Crippen molar-refractivity contribution in [2.24, 2.45) is 0 Å². The lowest BCUT2D eigenvalue weighted by atomic mass is 10.2. The number of nitrogens with one attached hydrogen (secondary N) is 1. The van der Waals surface area contributed by atoms with E-state index >= 15 is 0 Å². The first-order valence-electron chi connectivity index (χ1n) is 3.31. The van der Waals surface area contributed by atoms with E-state index in [1.807, 2.05) is 0 Å². The highest BCUT2D eigenvalue weighted by atomic mass is 35.5. The summed E-state index contributed by atoms with van der Waals surface area (Å²) in [5.74, 6) is 0. The van der Waals surface area contributed by atoms with Gasteiger partial charge >= 0.3 is 0 Å². The zero-order chi connectivity index (χ0) is 9.14. The minimum atomic E-state index is 0.331. The first-order valence-corrected chi connectivity index (χ1v) is 4.06. The van der Waals surface area contributed by atoms with Crippen LogP contribution in [0.5, 0.6) is 0 Å². The van der Waals surface area contributed by atoms with Crippen molar-refractivity contribution >= 4 is 35.2 Å². The molecule has 0 fully saturated rings. The van der Waals surface area contributed by atoms with Crippen molar-refractivity contribution in [2.75, 3.05) is 12.4 Å². The van der Waals surface area contributed by atoms with E-state index in [-0.39, 0.29) is 0 Å². The molecule has 0 aliphatic carbocycles. The van der Waals surface area contributed by atoms with Gasteiger partial charge < -0.3 is 5.32 Å². The molecular weight excluding hydrogens is 197 g/mol. The summed E-state index contributed by atoms with van der Waals surface area (Å²) in [5.41, 5.74) is 1.12. The number of benzene rings is 1. The van der Waals surface area contributed by atoms with E-state index in [2.05, 4.69) is 5.32 Å². The minimum Gasteiger partial charge on any atom is -0.388 e. The quantitative estimate of drug-likeness (QED) is 0.750. The molecule has 1 aromatic carbocycles. The van der Waals surface area contributed by atoms with Crippen molar-refractivity contribution in [1.29, 1.82) is 0 Å². The molecule has 0 heterocycles. The Morgan fingerprint density at radius 2 is 1.83 bits per heavy atom. The van der Waals surface area contributed by atoms with Crippen LogP contribution in [0.4, 0.5) is 5.69 Å². The van der Waals surface area contributed by atoms with Crippen molar-refractivity contribution in [3.8, 4) is 0 Å². The summed E-state index contributed by atoms with van der Waals surface area (Å²) in [6.07, 6.45) is 0.643. The van der Waals surface area contributed by atoms with Gasteiger partial charge in [-0.05, 0) is 12.1 Å². The van der Waals surface area contributed by atoms with Gasteiger partial charge in [-0.25, -0.2) is 0 Å². The molecule has 2 nitrogen and oxygen atoms in total. The topological polar surface area (TPSA) is 29.1 Å². The lowest BCUT2D eigenvalue weighted by molar-refractivity contribution is 0.112. The smallest absolute Gasteiger partial charge is 0.153 e. The molecule has 4 heteroatoms. The van der Waals surface area contributed by atoms with Crippen LogP contribution >= 0.6 is 23.2 Å². The highest BCUT2D eigenvalue weighted by Gasteiger charge is 2.05. The molecule has 0 unspecified atom stereocenters. The fourth-order valence-corrected chi connectivity index (χ4v) is 1.42. The number of halogens is 2. The third-order valence-corrected chi connectivity index (χ3v) is 2.11. The lowest BCUT2D eigenvalue weighted by Gasteiger charge is -2.04. The third-order valence-electron chi connectivity index (χ3n) is 1.49. The van der Waals surface area contributed by atoms with E-state index in [9.17, 15) is 4.79 Å². The third kappa shape index (κ3) is 1.71. The Kier molecular flexibility index (Phi) is 2.95. The molecule has 0 saturated heterocycles. The van der Waals surface area contributed by atoms with Gasteiger partial charge in [0.2, 0.25) is 0 Å². The molecule has 0 aromatic heterocycles. The molecule has 1 aromatic rings. The van der Waals surface area contributed by atoms with Crippen LogP contribution in [-0.4, -0.2) is 13.3 Å². The summed E-state index contributed by atoms with van der Waals surface area (Å²) in [6, 6.07) is 3.30. The van der Waals surface area contributed by atoms with Gasteiger partial charge in [-0.1, -0.05) is 23.2 Å². The van der Waals surface area contributed by atoms with Crippen LogP contribution in [0.2, 0.25) is 10.0 Å². The predicted octanol–water partition coefficient (Wildman–Crippen LogP) is 2.85. The highest BCUT2D eigenvalue weighted by Crippen LogP contribution is 2.27. The average Bonchev–Trinajstić information content (AvgIpc) is 2.03. The van der Waals surface area contributed by atoms with Gasteiger partial charge in [-0.15, -0.1) is 0 Å². The molecule has 1 rings (SSSR count). The highest BCUT2D eigenvalue weighted by molar-refractivity contribution is 6.38. The molecule has 0 spiro atoms. The Balaban J connectivity index is 3.27. The van der Waals surface area contributed by atoms with E-state index in [4.69, 9.17) is 23.2 Å². The number of anilines is 1. The summed E-state index contributed by atoms with van der Waals surface area (Å²) in [7, 11) is 1.75. The van der Waals surface area contributed by atoms with Crippen molar-refractivity contribution < 1.29 is 4.79 Å². The predicted molar refractivity (Wildman–Crippen MR) is 51.4 cm³/mol. The summed E-state index contributed by atoms with van der Waals surface area (Å²) in [6.45, 7) is 0. The van der Waals surface area contributed by atoms with Crippen molar-refractivity contribution in [3.63, 3.8) is 0 Å². The van der Waals surface area contributed by atoms with Gasteiger partial charge in [0.1, 0.15) is 0 Å². The Morgan fingerprint density at radius 3 is 2.17 bits per heavy atom. The molecule has 0 aliphatic rings. The first-order chi connectivity index (χ1) is 5.69. The zero-order valence-electron chi connectivity index (χ0n) is 6.40. The largest absolute Gasteiger partial charge is 0.388 e. The Bertz CT molecular complexity index is 289. The second-order valence-electron chi connectivity index (χ2n) is 2.22. The maximum absolute atomic E-state index is 10.5. The van der Waals surface area contributed by atoms with Crippen LogP contribution in [0.15, 0.2) is 12.1 Å². The summed E-state index contributed by atoms with van der Waals surface area (Å²) < 4.78 is 0. The zero-order valence-corrected chi connectivity index (χ0v) is 7.91. The maximum Gasteiger partial charge on any atom is 0.153 e. The molecular formula is C8H7Cl2NO. The molecule has 64 valence electrons. The van der Waals surface area contributed by atoms with E-state index in [0.717, 1.165) is 5.69 Å². The Morgan fingerprint density at radius 1 is 1.33 bits per heavy atom. The van der Waals surface area contributed by atoms with Gasteiger partial charge in [0, 0.05) is 12.7 Å². The number of hydrogen-bond acceptors (Lipinski definition) is 2. The lowest BCUT2D eigenvalue weighted by Crippen LogP contribution is -1.91. The Labute approximate surface area is 80.5 Å². The number of aldehydes is 1. The molecule has 0 radical (unpaired) electrons. The molecule has 0 amide bonds. The first kappa shape index (κ1) is 9.36. The van der Waals surface area contributed by atoms with Gasteiger partial charge in [-0.3, -0.25) is 4.79 Å². The normalized spacial score (nSPS) is 9.58. The van der Waals surface area contributed by atoms with Gasteiger partial charge in [0.15, 0.2) is 6.29 Å². The molecule has 0 aliphatic heterocycles. The van der Waals surface area contributed by atoms with E-state index in [1.165, 1.54) is 0 Å². The van der Waals surface area contributed by atoms with Crippen LogP contribution in [0.25, 0.3) is 0 Å². The van der Waals surface area contributed by atoms with Gasteiger partial charge in [0.25, 0.3) is 0 Å². The van der Waals surface area contributed by atoms with Crippen LogP contribution in [-0.2, 0) is 0 Å². The monoisotopic (exact) mass is 203 g/mol. The summed E-state index contributed by atoms with van der Waals surface area (Å²) in [5, 5.41) is 3.60. The SMILES string of the molecule is CNc1cc(Cl)c(C=O)c(Cl)c1. The fraction of sp³-hybridized carbons (Fsp3) is 0.125. The second kappa shape index (κ2) is 3.78. The van der Waals surface area contributed by atoms with Crippen molar-refractivity contribution in [3.05, 3.63) is 27.7 Å². The van der Waals surface area contributed by atoms with E-state index in [0.29, 0.717) is 21.9 Å². The molecule has 12 heavy (non-hydrogen) atoms. The number of hydrogen-bond donors (Lipinski definition) is 1. The van der Waals surface area contributed by atoms with E-state index in [1.54, 1.807) is 19.2 Å². The maximum atomic E-state index is 10.5. The summed E-state index contributed by atoms with van der Waals surface area (Å²) >= 11 is 11.5. The fourth-order valence-electron chi connectivity index (χ4n) is 0.841. The molecule has 0 atom stereocenters. The molecule has 0 saturated carbocycles. The van der Waals surface area contributed by atoms with Crippen LogP contribution in [0.1, 0.15) is 10.4 Å². The van der Waals surface area contributed by atoms with E-state index < -0.39 is 0 Å². The number of carbonyl (C=O) groups is 1. The molecule has 1 N–H and O–H groups in total. The number of carbonyl (C=O) groups excluding carboxylic acids is 1. The van der Waals surface area contributed by atoms with Crippen molar-refractivity contribution in [2.45, 2.75) is 0 Å². The standard InChI is InChI=1S/C8H7Cl2NO/c1-11-5-2-7(9)6(4-12)8(10)3-5/h2-4,11H,1H3. The number of rotatable bonds is 2. The van der Waals surface area contributed by atoms with Crippen LogP contribution in [0, 0.1) is 0 Å². The van der Waals surface area contributed by atoms with Crippen LogP contribution in [0.3, 0.4) is 0 Å². The van der Waals surface area contributed by atoms with Gasteiger partial charge in [0.05, 0.1) is 15.6 Å². The Hall–Kier alpha value is -0.730. The molecule has 0 bridgehead atoms. The summed E-state index contributed by atoms with van der Waals surface area (Å²) in [4.78, 5) is 10.5. The second-order valence-corrected chi connectivity index (χ2v) is 3.04. The average molecular weight is 204 g/mol. The minimum absolute atomic E-state index is 0.331.